The van der Waals surface area contributed by atoms with Crippen LogP contribution < -0.4 is 5.32 Å². The van der Waals surface area contributed by atoms with Crippen LogP contribution in [0.1, 0.15) is 36.2 Å². The molecule has 1 fully saturated rings. The Hall–Kier alpha value is -1.92. The lowest BCUT2D eigenvalue weighted by molar-refractivity contribution is -0.123. The van der Waals surface area contributed by atoms with Gasteiger partial charge in [0.05, 0.1) is 12.1 Å². The van der Waals surface area contributed by atoms with Crippen LogP contribution in [0.2, 0.25) is 0 Å². The van der Waals surface area contributed by atoms with E-state index in [9.17, 15) is 9.59 Å². The molecule has 1 aliphatic heterocycles. The molecule has 1 unspecified atom stereocenters. The summed E-state index contributed by atoms with van der Waals surface area (Å²) >= 11 is 0. The summed E-state index contributed by atoms with van der Waals surface area (Å²) in [7, 11) is 0. The minimum absolute atomic E-state index is 0.0991. The van der Waals surface area contributed by atoms with Gasteiger partial charge >= 0.3 is 5.97 Å². The molecule has 1 aromatic rings. The number of carbonyl (C=O) groups is 2. The van der Waals surface area contributed by atoms with E-state index in [0.717, 1.165) is 44.7 Å². The highest BCUT2D eigenvalue weighted by molar-refractivity contribution is 5.87. The van der Waals surface area contributed by atoms with E-state index in [4.69, 9.17) is 5.11 Å². The average molecular weight is 333 g/mol. The molecular formula is C18H27N3O3. The molecule has 1 aromatic carbocycles. The van der Waals surface area contributed by atoms with Crippen LogP contribution in [0.3, 0.4) is 0 Å². The second-order valence-electron chi connectivity index (χ2n) is 6.43. The van der Waals surface area contributed by atoms with Crippen molar-refractivity contribution in [2.75, 3.05) is 32.7 Å². The van der Waals surface area contributed by atoms with Gasteiger partial charge in [-0.2, -0.15) is 0 Å². The molecule has 1 amide bonds. The van der Waals surface area contributed by atoms with Crippen molar-refractivity contribution in [2.45, 2.75) is 32.9 Å². The maximum Gasteiger partial charge on any atom is 0.335 e. The normalized spacial score (nSPS) is 17.4. The van der Waals surface area contributed by atoms with E-state index in [1.54, 1.807) is 12.1 Å². The highest BCUT2D eigenvalue weighted by Gasteiger charge is 2.19. The second kappa shape index (κ2) is 8.80. The van der Waals surface area contributed by atoms with E-state index in [1.165, 1.54) is 0 Å². The fraction of sp³-hybridized carbons (Fsp3) is 0.556. The van der Waals surface area contributed by atoms with Crippen LogP contribution in [-0.2, 0) is 11.3 Å². The third-order valence-corrected chi connectivity index (χ3v) is 4.46. The van der Waals surface area contributed by atoms with Crippen molar-refractivity contribution >= 4 is 11.9 Å². The van der Waals surface area contributed by atoms with Gasteiger partial charge in [-0.05, 0) is 31.0 Å². The molecule has 0 bridgehead atoms. The van der Waals surface area contributed by atoms with Crippen molar-refractivity contribution in [2.24, 2.45) is 0 Å². The molecular weight excluding hydrogens is 306 g/mol. The van der Waals surface area contributed by atoms with Gasteiger partial charge in [-0.25, -0.2) is 4.79 Å². The number of nitrogens with zero attached hydrogens (tertiary/aromatic N) is 2. The lowest BCUT2D eigenvalue weighted by Gasteiger charge is -2.34. The third kappa shape index (κ3) is 5.62. The van der Waals surface area contributed by atoms with Crippen molar-refractivity contribution in [3.8, 4) is 0 Å². The molecule has 6 nitrogen and oxygen atoms in total. The van der Waals surface area contributed by atoms with Gasteiger partial charge in [0.15, 0.2) is 0 Å². The Balaban J connectivity index is 1.74. The monoisotopic (exact) mass is 333 g/mol. The zero-order valence-corrected chi connectivity index (χ0v) is 14.5. The summed E-state index contributed by atoms with van der Waals surface area (Å²) in [5.74, 6) is -0.798. The molecule has 0 aliphatic carbocycles. The molecule has 1 saturated heterocycles. The maximum atomic E-state index is 11.9. The predicted octanol–water partition coefficient (Wildman–Crippen LogP) is 1.42. The topological polar surface area (TPSA) is 72.9 Å². The first-order valence-corrected chi connectivity index (χ1v) is 8.54. The number of carboxylic acids is 1. The molecule has 2 rings (SSSR count). The zero-order chi connectivity index (χ0) is 17.5. The van der Waals surface area contributed by atoms with Crippen LogP contribution in [0.15, 0.2) is 24.3 Å². The maximum absolute atomic E-state index is 11.9. The molecule has 0 radical (unpaired) electrons. The van der Waals surface area contributed by atoms with E-state index in [0.29, 0.717) is 12.1 Å². The van der Waals surface area contributed by atoms with Crippen LogP contribution in [0.4, 0.5) is 0 Å². The van der Waals surface area contributed by atoms with Crippen LogP contribution >= 0.6 is 0 Å². The smallest absolute Gasteiger partial charge is 0.335 e. The lowest BCUT2D eigenvalue weighted by atomic mass is 10.1. The summed E-state index contributed by atoms with van der Waals surface area (Å²) in [5, 5.41) is 11.9. The lowest BCUT2D eigenvalue weighted by Crippen LogP contribution is -2.49. The first kappa shape index (κ1) is 18.4. The summed E-state index contributed by atoms with van der Waals surface area (Å²) in [6.45, 7) is 8.94. The molecule has 132 valence electrons. The summed E-state index contributed by atoms with van der Waals surface area (Å²) < 4.78 is 0. The molecule has 6 heteroatoms. The van der Waals surface area contributed by atoms with E-state index in [-0.39, 0.29) is 11.9 Å². The average Bonchev–Trinajstić information content (AvgIpc) is 2.57. The van der Waals surface area contributed by atoms with Crippen molar-refractivity contribution in [3.05, 3.63) is 35.4 Å². The fourth-order valence-corrected chi connectivity index (χ4v) is 2.74. The molecule has 1 aliphatic rings. The number of rotatable bonds is 7. The second-order valence-corrected chi connectivity index (χ2v) is 6.43. The van der Waals surface area contributed by atoms with Gasteiger partial charge in [0.2, 0.25) is 5.91 Å². The highest BCUT2D eigenvalue weighted by atomic mass is 16.4. The molecule has 24 heavy (non-hydrogen) atoms. The predicted molar refractivity (Wildman–Crippen MR) is 93.0 cm³/mol. The van der Waals surface area contributed by atoms with Gasteiger partial charge in [-0.1, -0.05) is 19.1 Å². The number of hydrogen-bond donors (Lipinski definition) is 2. The summed E-state index contributed by atoms with van der Waals surface area (Å²) in [5.41, 5.74) is 1.43. The quantitative estimate of drug-likeness (QED) is 0.789. The molecule has 2 N–H and O–H groups in total. The number of hydrogen-bond acceptors (Lipinski definition) is 4. The Bertz CT molecular complexity index is 551. The molecule has 0 aromatic heterocycles. The van der Waals surface area contributed by atoms with Gasteiger partial charge in [-0.15, -0.1) is 0 Å². The van der Waals surface area contributed by atoms with Gasteiger partial charge in [0, 0.05) is 38.8 Å². The summed E-state index contributed by atoms with van der Waals surface area (Å²) in [4.78, 5) is 27.3. The van der Waals surface area contributed by atoms with Crippen LogP contribution in [0, 0.1) is 0 Å². The van der Waals surface area contributed by atoms with E-state index in [1.807, 2.05) is 19.1 Å². The van der Waals surface area contributed by atoms with E-state index in [2.05, 4.69) is 22.0 Å². The number of carboxylic acid groups (broad SMARTS) is 1. The van der Waals surface area contributed by atoms with Crippen LogP contribution in [0.5, 0.6) is 0 Å². The van der Waals surface area contributed by atoms with Crippen molar-refractivity contribution in [1.29, 1.82) is 0 Å². The SMILES string of the molecule is CCC(C)NC(=O)CN1CCN(Cc2ccc(C(=O)O)cc2)CC1. The fourth-order valence-electron chi connectivity index (χ4n) is 2.74. The summed E-state index contributed by atoms with van der Waals surface area (Å²) in [6, 6.07) is 7.26. The highest BCUT2D eigenvalue weighted by Crippen LogP contribution is 2.10. The largest absolute Gasteiger partial charge is 0.478 e. The molecule has 0 saturated carbocycles. The Labute approximate surface area is 143 Å². The van der Waals surface area contributed by atoms with Gasteiger partial charge in [0.1, 0.15) is 0 Å². The van der Waals surface area contributed by atoms with E-state index >= 15 is 0 Å². The number of amides is 1. The number of benzene rings is 1. The number of nitrogens with one attached hydrogen (secondary N) is 1. The summed E-state index contributed by atoms with van der Waals surface area (Å²) in [6.07, 6.45) is 0.945. The zero-order valence-electron chi connectivity index (χ0n) is 14.5. The van der Waals surface area contributed by atoms with Crippen molar-refractivity contribution < 1.29 is 14.7 Å². The van der Waals surface area contributed by atoms with Crippen molar-refractivity contribution in [1.82, 2.24) is 15.1 Å². The first-order valence-electron chi connectivity index (χ1n) is 8.54. The standard InChI is InChI=1S/C18H27N3O3/c1-3-14(2)19-17(22)13-21-10-8-20(9-11-21)12-15-4-6-16(7-5-15)18(23)24/h4-7,14H,3,8-13H2,1-2H3,(H,19,22)(H,23,24). The number of piperazine rings is 1. The Morgan fingerprint density at radius 2 is 1.71 bits per heavy atom. The molecule has 0 spiro atoms. The molecule has 1 atom stereocenters. The van der Waals surface area contributed by atoms with E-state index < -0.39 is 5.97 Å². The third-order valence-electron chi connectivity index (χ3n) is 4.46. The minimum atomic E-state index is -0.897. The number of carbonyl (C=O) groups excluding carboxylic acids is 1. The number of aromatic carboxylic acids is 1. The minimum Gasteiger partial charge on any atom is -0.478 e. The Kier molecular flexibility index (Phi) is 6.75. The van der Waals surface area contributed by atoms with Gasteiger partial charge in [0.25, 0.3) is 0 Å². The van der Waals surface area contributed by atoms with Gasteiger partial charge in [-0.3, -0.25) is 14.6 Å². The Morgan fingerprint density at radius 3 is 2.25 bits per heavy atom. The molecule has 1 heterocycles. The van der Waals surface area contributed by atoms with Crippen LogP contribution in [-0.4, -0.2) is 65.5 Å². The van der Waals surface area contributed by atoms with Crippen LogP contribution in [0.25, 0.3) is 0 Å². The first-order chi connectivity index (χ1) is 11.5. The Morgan fingerprint density at radius 1 is 1.12 bits per heavy atom. The van der Waals surface area contributed by atoms with Gasteiger partial charge < -0.3 is 10.4 Å². The van der Waals surface area contributed by atoms with Crippen molar-refractivity contribution in [3.63, 3.8) is 0 Å².